The van der Waals surface area contributed by atoms with Crippen molar-refractivity contribution in [3.05, 3.63) is 48.2 Å². The lowest BCUT2D eigenvalue weighted by Gasteiger charge is -2.08. The van der Waals surface area contributed by atoms with Gasteiger partial charge < -0.3 is 11.1 Å². The maximum absolute atomic E-state index is 5.58. The first-order valence-corrected chi connectivity index (χ1v) is 4.81. The fourth-order valence-electron chi connectivity index (χ4n) is 1.39. The average molecular weight is 199 g/mol. The summed E-state index contributed by atoms with van der Waals surface area (Å²) in [7, 11) is 0. The van der Waals surface area contributed by atoms with Gasteiger partial charge in [-0.05, 0) is 31.2 Å². The number of pyridine rings is 1. The Morgan fingerprint density at radius 1 is 1.07 bits per heavy atom. The third-order valence-corrected chi connectivity index (χ3v) is 2.16. The lowest BCUT2D eigenvalue weighted by molar-refractivity contribution is 1.21. The van der Waals surface area contributed by atoms with Crippen LogP contribution < -0.4 is 11.1 Å². The Morgan fingerprint density at radius 2 is 1.80 bits per heavy atom. The van der Waals surface area contributed by atoms with E-state index >= 15 is 0 Å². The van der Waals surface area contributed by atoms with Gasteiger partial charge in [0.2, 0.25) is 0 Å². The molecule has 3 nitrogen and oxygen atoms in total. The van der Waals surface area contributed by atoms with E-state index in [0.29, 0.717) is 5.82 Å². The summed E-state index contributed by atoms with van der Waals surface area (Å²) in [5, 5.41) is 3.28. The van der Waals surface area contributed by atoms with Gasteiger partial charge in [-0.2, -0.15) is 0 Å². The SMILES string of the molecule is Cc1nc(N)ccc1Nc1ccccc1. The summed E-state index contributed by atoms with van der Waals surface area (Å²) in [6, 6.07) is 13.7. The molecule has 0 bridgehead atoms. The normalized spacial score (nSPS) is 9.93. The summed E-state index contributed by atoms with van der Waals surface area (Å²) >= 11 is 0. The molecule has 3 N–H and O–H groups in total. The molecular weight excluding hydrogens is 186 g/mol. The van der Waals surface area contributed by atoms with Gasteiger partial charge in [-0.15, -0.1) is 0 Å². The number of anilines is 3. The number of nitrogens with two attached hydrogens (primary N) is 1. The highest BCUT2D eigenvalue weighted by Crippen LogP contribution is 2.19. The van der Waals surface area contributed by atoms with Crippen LogP contribution in [0, 0.1) is 6.92 Å². The van der Waals surface area contributed by atoms with E-state index in [1.165, 1.54) is 0 Å². The minimum absolute atomic E-state index is 0.547. The number of hydrogen-bond donors (Lipinski definition) is 2. The average Bonchev–Trinajstić information content (AvgIpc) is 2.24. The number of aromatic nitrogens is 1. The van der Waals surface area contributed by atoms with Gasteiger partial charge in [0.15, 0.2) is 0 Å². The first-order valence-electron chi connectivity index (χ1n) is 4.81. The smallest absolute Gasteiger partial charge is 0.123 e. The highest BCUT2D eigenvalue weighted by molar-refractivity contribution is 5.62. The van der Waals surface area contributed by atoms with Crippen molar-refractivity contribution in [2.45, 2.75) is 6.92 Å². The summed E-state index contributed by atoms with van der Waals surface area (Å²) in [5.74, 6) is 0.547. The molecule has 0 unspecified atom stereocenters. The molecule has 1 heterocycles. The van der Waals surface area contributed by atoms with E-state index in [1.807, 2.05) is 43.3 Å². The molecule has 1 aromatic heterocycles. The predicted octanol–water partition coefficient (Wildman–Crippen LogP) is 2.72. The summed E-state index contributed by atoms with van der Waals surface area (Å²) in [5.41, 5.74) is 8.51. The highest BCUT2D eigenvalue weighted by atomic mass is 14.9. The van der Waals surface area contributed by atoms with Crippen molar-refractivity contribution in [2.24, 2.45) is 0 Å². The van der Waals surface area contributed by atoms with Gasteiger partial charge in [-0.25, -0.2) is 4.98 Å². The maximum Gasteiger partial charge on any atom is 0.123 e. The zero-order valence-electron chi connectivity index (χ0n) is 8.57. The number of nitrogens with one attached hydrogen (secondary N) is 1. The lowest BCUT2D eigenvalue weighted by atomic mass is 10.2. The minimum atomic E-state index is 0.547. The summed E-state index contributed by atoms with van der Waals surface area (Å²) in [4.78, 5) is 4.19. The van der Waals surface area contributed by atoms with Crippen molar-refractivity contribution in [2.75, 3.05) is 11.1 Å². The van der Waals surface area contributed by atoms with Crippen LogP contribution in [0.3, 0.4) is 0 Å². The zero-order chi connectivity index (χ0) is 10.7. The molecule has 0 radical (unpaired) electrons. The number of hydrogen-bond acceptors (Lipinski definition) is 3. The van der Waals surface area contributed by atoms with Gasteiger partial charge in [-0.3, -0.25) is 0 Å². The molecule has 2 aromatic rings. The Balaban J connectivity index is 2.25. The monoisotopic (exact) mass is 199 g/mol. The molecule has 0 spiro atoms. The van der Waals surface area contributed by atoms with Crippen LogP contribution >= 0.6 is 0 Å². The predicted molar refractivity (Wildman–Crippen MR) is 63.1 cm³/mol. The summed E-state index contributed by atoms with van der Waals surface area (Å²) in [6.45, 7) is 1.93. The van der Waals surface area contributed by atoms with Gasteiger partial charge in [0.25, 0.3) is 0 Å². The Bertz CT molecular complexity index is 452. The fourth-order valence-corrected chi connectivity index (χ4v) is 1.39. The van der Waals surface area contributed by atoms with Gasteiger partial charge in [-0.1, -0.05) is 18.2 Å². The van der Waals surface area contributed by atoms with E-state index < -0.39 is 0 Å². The van der Waals surface area contributed by atoms with Crippen molar-refractivity contribution in [3.63, 3.8) is 0 Å². The highest BCUT2D eigenvalue weighted by Gasteiger charge is 1.99. The molecule has 0 fully saturated rings. The van der Waals surface area contributed by atoms with Crippen molar-refractivity contribution in [1.29, 1.82) is 0 Å². The summed E-state index contributed by atoms with van der Waals surface area (Å²) in [6.07, 6.45) is 0. The van der Waals surface area contributed by atoms with E-state index in [0.717, 1.165) is 17.1 Å². The molecule has 0 aliphatic rings. The van der Waals surface area contributed by atoms with E-state index in [9.17, 15) is 0 Å². The third-order valence-electron chi connectivity index (χ3n) is 2.16. The zero-order valence-corrected chi connectivity index (χ0v) is 8.57. The van der Waals surface area contributed by atoms with Crippen molar-refractivity contribution in [1.82, 2.24) is 4.98 Å². The second kappa shape index (κ2) is 4.00. The molecule has 0 saturated heterocycles. The van der Waals surface area contributed by atoms with Crippen LogP contribution in [0.4, 0.5) is 17.2 Å². The Morgan fingerprint density at radius 3 is 2.47 bits per heavy atom. The third kappa shape index (κ3) is 2.26. The molecule has 3 heteroatoms. The maximum atomic E-state index is 5.58. The van der Waals surface area contributed by atoms with Gasteiger partial charge in [0.1, 0.15) is 5.82 Å². The first kappa shape index (κ1) is 9.52. The largest absolute Gasteiger partial charge is 0.384 e. The summed E-state index contributed by atoms with van der Waals surface area (Å²) < 4.78 is 0. The molecule has 2 rings (SSSR count). The van der Waals surface area contributed by atoms with Gasteiger partial charge in [0.05, 0.1) is 11.4 Å². The number of benzene rings is 1. The van der Waals surface area contributed by atoms with Crippen LogP contribution in [0.1, 0.15) is 5.69 Å². The number of aryl methyl sites for hydroxylation is 1. The minimum Gasteiger partial charge on any atom is -0.384 e. The second-order valence-corrected chi connectivity index (χ2v) is 3.36. The van der Waals surface area contributed by atoms with Crippen LogP contribution in [0.5, 0.6) is 0 Å². The molecule has 0 saturated carbocycles. The molecule has 0 aliphatic carbocycles. The molecule has 15 heavy (non-hydrogen) atoms. The first-order chi connectivity index (χ1) is 7.25. The number of para-hydroxylation sites is 1. The lowest BCUT2D eigenvalue weighted by Crippen LogP contribution is -1.97. The van der Waals surface area contributed by atoms with Crippen LogP contribution in [-0.2, 0) is 0 Å². The number of rotatable bonds is 2. The Kier molecular flexibility index (Phi) is 2.54. The standard InChI is InChI=1S/C12H13N3/c1-9-11(7-8-12(13)14-9)15-10-5-3-2-4-6-10/h2-8,15H,1H3,(H2,13,14). The van der Waals surface area contributed by atoms with Crippen LogP contribution in [-0.4, -0.2) is 4.98 Å². The van der Waals surface area contributed by atoms with Gasteiger partial charge >= 0.3 is 0 Å². The number of nitrogens with zero attached hydrogens (tertiary/aromatic N) is 1. The van der Waals surface area contributed by atoms with Crippen molar-refractivity contribution in [3.8, 4) is 0 Å². The molecule has 0 amide bonds. The van der Waals surface area contributed by atoms with Crippen LogP contribution in [0.25, 0.3) is 0 Å². The van der Waals surface area contributed by atoms with E-state index in [4.69, 9.17) is 5.73 Å². The quantitative estimate of drug-likeness (QED) is 0.781. The Hall–Kier alpha value is -2.03. The molecular formula is C12H13N3. The second-order valence-electron chi connectivity index (χ2n) is 3.36. The van der Waals surface area contributed by atoms with Crippen LogP contribution in [0.15, 0.2) is 42.5 Å². The molecule has 0 aliphatic heterocycles. The van der Waals surface area contributed by atoms with Crippen molar-refractivity contribution < 1.29 is 0 Å². The van der Waals surface area contributed by atoms with E-state index in [1.54, 1.807) is 6.07 Å². The fraction of sp³-hybridized carbons (Fsp3) is 0.0833. The van der Waals surface area contributed by atoms with Crippen molar-refractivity contribution >= 4 is 17.2 Å². The van der Waals surface area contributed by atoms with E-state index in [2.05, 4.69) is 10.3 Å². The molecule has 0 atom stereocenters. The number of nitrogen functional groups attached to an aromatic ring is 1. The van der Waals surface area contributed by atoms with Gasteiger partial charge in [0, 0.05) is 5.69 Å². The topological polar surface area (TPSA) is 50.9 Å². The molecule has 76 valence electrons. The Labute approximate surface area is 89.0 Å². The van der Waals surface area contributed by atoms with E-state index in [-0.39, 0.29) is 0 Å². The van der Waals surface area contributed by atoms with Crippen LogP contribution in [0.2, 0.25) is 0 Å². The molecule has 1 aromatic carbocycles.